The molecule has 2 heterocycles. The Morgan fingerprint density at radius 1 is 1.00 bits per heavy atom. The van der Waals surface area contributed by atoms with Crippen molar-refractivity contribution in [1.29, 1.82) is 0 Å². The van der Waals surface area contributed by atoms with Gasteiger partial charge in [-0.1, -0.05) is 41.5 Å². The van der Waals surface area contributed by atoms with Crippen LogP contribution >= 0.6 is 0 Å². The first-order valence-corrected chi connectivity index (χ1v) is 12.4. The number of hydrogen-bond acceptors (Lipinski definition) is 5. The zero-order valence-electron chi connectivity index (χ0n) is 21.3. The zero-order chi connectivity index (χ0) is 25.0. The Bertz CT molecular complexity index is 1040. The van der Waals surface area contributed by atoms with Crippen LogP contribution < -0.4 is 10.1 Å². The summed E-state index contributed by atoms with van der Waals surface area (Å²) in [5.41, 5.74) is 3.90. The lowest BCUT2D eigenvalue weighted by Gasteiger charge is -2.41. The molecule has 2 aliphatic heterocycles. The molecule has 1 N–H and O–H groups in total. The van der Waals surface area contributed by atoms with Gasteiger partial charge in [0.2, 0.25) is 0 Å². The molecule has 2 fully saturated rings. The van der Waals surface area contributed by atoms with Crippen molar-refractivity contribution < 1.29 is 19.1 Å². The predicted octanol–water partition coefficient (Wildman–Crippen LogP) is 3.70. The maximum Gasteiger partial charge on any atom is 0.325 e. The molecular weight excluding hydrogens is 442 g/mol. The smallest absolute Gasteiger partial charge is 0.325 e. The maximum atomic E-state index is 13.8. The molecule has 1 atom stereocenters. The highest BCUT2D eigenvalue weighted by Crippen LogP contribution is 2.37. The summed E-state index contributed by atoms with van der Waals surface area (Å²) in [6.45, 7) is 7.52. The van der Waals surface area contributed by atoms with Crippen molar-refractivity contribution in [2.45, 2.75) is 45.2 Å². The summed E-state index contributed by atoms with van der Waals surface area (Å²) in [6.07, 6.45) is 2.14. The fourth-order valence-corrected chi connectivity index (χ4v) is 5.68. The Morgan fingerprint density at radius 2 is 1.71 bits per heavy atom. The third-order valence-corrected chi connectivity index (χ3v) is 7.31. The number of carbonyl (C=O) groups is 2. The van der Waals surface area contributed by atoms with Crippen LogP contribution in [-0.2, 0) is 22.5 Å². The fraction of sp³-hybridized carbons (Fsp3) is 0.500. The molecule has 2 saturated heterocycles. The molecule has 0 saturated carbocycles. The van der Waals surface area contributed by atoms with Gasteiger partial charge in [-0.3, -0.25) is 14.6 Å². The van der Waals surface area contributed by atoms with Crippen molar-refractivity contribution in [3.8, 4) is 5.75 Å². The molecule has 1 unspecified atom stereocenters. The molecule has 35 heavy (non-hydrogen) atoms. The lowest BCUT2D eigenvalue weighted by molar-refractivity contribution is -0.134. The van der Waals surface area contributed by atoms with Crippen LogP contribution in [0.3, 0.4) is 0 Å². The third kappa shape index (κ3) is 5.52. The highest BCUT2D eigenvalue weighted by atomic mass is 16.5. The number of ether oxygens (including phenoxy) is 2. The quantitative estimate of drug-likeness (QED) is 0.556. The van der Waals surface area contributed by atoms with Crippen molar-refractivity contribution >= 4 is 11.9 Å². The molecule has 7 nitrogen and oxygen atoms in total. The number of likely N-dealkylation sites (tertiary alicyclic amines) is 1. The van der Waals surface area contributed by atoms with Gasteiger partial charge >= 0.3 is 6.03 Å². The number of methoxy groups -OCH3 is 2. The molecule has 4 rings (SSSR count). The molecule has 3 amide bonds. The van der Waals surface area contributed by atoms with Gasteiger partial charge in [-0.2, -0.15) is 0 Å². The topological polar surface area (TPSA) is 71.1 Å². The second-order valence-corrected chi connectivity index (χ2v) is 9.93. The number of aryl methyl sites for hydroxylation is 2. The van der Waals surface area contributed by atoms with Crippen molar-refractivity contribution in [1.82, 2.24) is 15.1 Å². The Kier molecular flexibility index (Phi) is 7.77. The summed E-state index contributed by atoms with van der Waals surface area (Å²) in [5.74, 6) is 0.650. The van der Waals surface area contributed by atoms with Gasteiger partial charge in [-0.15, -0.1) is 0 Å². The number of nitrogens with one attached hydrogen (secondary N) is 1. The highest BCUT2D eigenvalue weighted by molar-refractivity contribution is 6.07. The first kappa shape index (κ1) is 25.2. The van der Waals surface area contributed by atoms with Gasteiger partial charge in [0.1, 0.15) is 11.3 Å². The Balaban J connectivity index is 1.54. The molecule has 0 aliphatic carbocycles. The number of hydrogen-bond donors (Lipinski definition) is 1. The van der Waals surface area contributed by atoms with Crippen molar-refractivity contribution in [3.05, 3.63) is 64.7 Å². The van der Waals surface area contributed by atoms with Crippen LogP contribution in [0.2, 0.25) is 0 Å². The molecule has 7 heteroatoms. The number of benzene rings is 2. The van der Waals surface area contributed by atoms with E-state index in [1.165, 1.54) is 21.6 Å². The van der Waals surface area contributed by atoms with Gasteiger partial charge in [-0.25, -0.2) is 4.79 Å². The van der Waals surface area contributed by atoms with E-state index in [2.05, 4.69) is 42.3 Å². The zero-order valence-corrected chi connectivity index (χ0v) is 21.3. The van der Waals surface area contributed by atoms with Crippen molar-refractivity contribution in [2.75, 3.05) is 40.5 Å². The van der Waals surface area contributed by atoms with Gasteiger partial charge in [0, 0.05) is 20.1 Å². The fourth-order valence-electron chi connectivity index (χ4n) is 5.68. The number of urea groups is 1. The SMILES string of the molecule is COCCN1C(=O)NC(Cc2cccc(OC)c2)(C2CCN(Cc3cc(C)cc(C)c3)CC2)C1=O. The van der Waals surface area contributed by atoms with E-state index in [0.29, 0.717) is 13.0 Å². The first-order chi connectivity index (χ1) is 16.8. The van der Waals surface area contributed by atoms with Gasteiger partial charge in [-0.05, 0) is 69.0 Å². The molecule has 188 valence electrons. The summed E-state index contributed by atoms with van der Waals surface area (Å²) in [7, 11) is 3.21. The standard InChI is InChI=1S/C28H37N3O4/c1-20-14-21(2)16-23(15-20)19-30-10-8-24(9-11-30)28(18-22-6-5-7-25(17-22)35-4)26(32)31(12-13-34-3)27(33)29-28/h5-7,14-17,24H,8-13,18-19H2,1-4H3,(H,29,33). The van der Waals surface area contributed by atoms with E-state index in [9.17, 15) is 9.59 Å². The number of carbonyl (C=O) groups excluding carboxylic acids is 2. The van der Waals surface area contributed by atoms with Crippen LogP contribution in [0.25, 0.3) is 0 Å². The predicted molar refractivity (Wildman–Crippen MR) is 135 cm³/mol. The lowest BCUT2D eigenvalue weighted by Crippen LogP contribution is -2.57. The molecule has 2 aliphatic rings. The summed E-state index contributed by atoms with van der Waals surface area (Å²) < 4.78 is 10.6. The van der Waals surface area contributed by atoms with E-state index in [1.54, 1.807) is 14.2 Å². The van der Waals surface area contributed by atoms with Gasteiger partial charge in [0.05, 0.1) is 20.3 Å². The van der Waals surface area contributed by atoms with Crippen LogP contribution in [0.4, 0.5) is 4.79 Å². The number of rotatable bonds is 9. The molecule has 0 aromatic heterocycles. The van der Waals surface area contributed by atoms with E-state index in [-0.39, 0.29) is 24.4 Å². The molecule has 0 bridgehead atoms. The van der Waals surface area contributed by atoms with Crippen LogP contribution in [0.1, 0.15) is 35.1 Å². The Hall–Kier alpha value is -2.90. The van der Waals surface area contributed by atoms with Crippen LogP contribution in [0, 0.1) is 19.8 Å². The molecule has 0 spiro atoms. The average Bonchev–Trinajstić information content (AvgIpc) is 3.07. The second-order valence-electron chi connectivity index (χ2n) is 9.93. The van der Waals surface area contributed by atoms with E-state index in [4.69, 9.17) is 9.47 Å². The summed E-state index contributed by atoms with van der Waals surface area (Å²) >= 11 is 0. The lowest BCUT2D eigenvalue weighted by atomic mass is 9.73. The average molecular weight is 480 g/mol. The number of imide groups is 1. The highest BCUT2D eigenvalue weighted by Gasteiger charge is 2.55. The third-order valence-electron chi connectivity index (χ3n) is 7.31. The summed E-state index contributed by atoms with van der Waals surface area (Å²) in [5, 5.41) is 3.13. The Labute approximate surface area is 208 Å². The molecule has 2 aromatic carbocycles. The van der Waals surface area contributed by atoms with Gasteiger partial charge in [0.25, 0.3) is 5.91 Å². The maximum absolute atomic E-state index is 13.8. The Morgan fingerprint density at radius 3 is 2.37 bits per heavy atom. The van der Waals surface area contributed by atoms with Crippen LogP contribution in [-0.4, -0.2) is 67.7 Å². The van der Waals surface area contributed by atoms with Gasteiger partial charge in [0.15, 0.2) is 0 Å². The van der Waals surface area contributed by atoms with Gasteiger partial charge < -0.3 is 14.8 Å². The number of nitrogens with zero attached hydrogens (tertiary/aromatic N) is 2. The molecule has 0 radical (unpaired) electrons. The summed E-state index contributed by atoms with van der Waals surface area (Å²) in [6, 6.07) is 14.1. The number of piperidine rings is 1. The van der Waals surface area contributed by atoms with Crippen LogP contribution in [0.5, 0.6) is 5.75 Å². The summed E-state index contributed by atoms with van der Waals surface area (Å²) in [4.78, 5) is 30.5. The minimum Gasteiger partial charge on any atom is -0.497 e. The van der Waals surface area contributed by atoms with E-state index >= 15 is 0 Å². The van der Waals surface area contributed by atoms with Crippen molar-refractivity contribution in [2.24, 2.45) is 5.92 Å². The molecular formula is C28H37N3O4. The largest absolute Gasteiger partial charge is 0.497 e. The van der Waals surface area contributed by atoms with E-state index < -0.39 is 5.54 Å². The van der Waals surface area contributed by atoms with Crippen molar-refractivity contribution in [3.63, 3.8) is 0 Å². The normalized spacial score (nSPS) is 21.4. The van der Waals surface area contributed by atoms with Crippen LogP contribution in [0.15, 0.2) is 42.5 Å². The monoisotopic (exact) mass is 479 g/mol. The van der Waals surface area contributed by atoms with E-state index in [1.807, 2.05) is 24.3 Å². The minimum atomic E-state index is -0.955. The second kappa shape index (κ2) is 10.8. The first-order valence-electron chi connectivity index (χ1n) is 12.4. The molecule has 2 aromatic rings. The minimum absolute atomic E-state index is 0.0493. The number of amides is 3. The van der Waals surface area contributed by atoms with E-state index in [0.717, 1.165) is 43.8 Å².